The number of nitrogens with zero attached hydrogens (tertiary/aromatic N) is 5. The Balaban J connectivity index is 1.62. The molecule has 0 radical (unpaired) electrons. The largest absolute Gasteiger partial charge is 0.300 e. The second-order valence-corrected chi connectivity index (χ2v) is 7.60. The van der Waals surface area contributed by atoms with Crippen LogP contribution in [-0.2, 0) is 11.3 Å². The first-order chi connectivity index (χ1) is 11.8. The minimum atomic E-state index is -0.216. The van der Waals surface area contributed by atoms with E-state index >= 15 is 0 Å². The van der Waals surface area contributed by atoms with Gasteiger partial charge in [0.05, 0.1) is 9.75 Å². The van der Waals surface area contributed by atoms with Gasteiger partial charge in [-0.15, -0.1) is 27.8 Å². The molecule has 4 rings (SSSR count). The molecule has 0 atom stereocenters. The smallest absolute Gasteiger partial charge is 0.248 e. The Morgan fingerprint density at radius 1 is 1.17 bits per heavy atom. The number of nitrogens with one attached hydrogen (secondary N) is 1. The lowest BCUT2D eigenvalue weighted by molar-refractivity contribution is -0.116. The van der Waals surface area contributed by atoms with Gasteiger partial charge in [0, 0.05) is 4.88 Å². The van der Waals surface area contributed by atoms with Crippen molar-refractivity contribution in [1.82, 2.24) is 25.2 Å². The van der Waals surface area contributed by atoms with Crippen LogP contribution in [0.5, 0.6) is 0 Å². The van der Waals surface area contributed by atoms with Crippen LogP contribution in [0.15, 0.2) is 41.4 Å². The summed E-state index contributed by atoms with van der Waals surface area (Å²) in [5, 5.41) is 18.1. The number of amides is 1. The number of hydrogen-bond acceptors (Lipinski definition) is 8. The van der Waals surface area contributed by atoms with Crippen LogP contribution in [0.1, 0.15) is 0 Å². The minimum absolute atomic E-state index is 0.0508. The fourth-order valence-corrected chi connectivity index (χ4v) is 4.72. The van der Waals surface area contributed by atoms with E-state index in [4.69, 9.17) is 0 Å². The first kappa shape index (κ1) is 15.1. The number of thiophene rings is 2. The SMILES string of the molecule is O=C(Cn1cnnn1)Nc1nc(-c2cccs2)c(-c2cccs2)s1. The highest BCUT2D eigenvalue weighted by molar-refractivity contribution is 7.24. The van der Waals surface area contributed by atoms with Gasteiger partial charge in [-0.05, 0) is 33.3 Å². The molecular weight excluding hydrogens is 364 g/mol. The lowest BCUT2D eigenvalue weighted by Crippen LogP contribution is -2.19. The third-order valence-electron chi connectivity index (χ3n) is 3.07. The van der Waals surface area contributed by atoms with Gasteiger partial charge in [-0.1, -0.05) is 23.5 Å². The quantitative estimate of drug-likeness (QED) is 0.580. The normalized spacial score (nSPS) is 10.8. The molecule has 120 valence electrons. The van der Waals surface area contributed by atoms with Gasteiger partial charge in [-0.25, -0.2) is 9.67 Å². The van der Waals surface area contributed by atoms with Gasteiger partial charge in [0.25, 0.3) is 0 Å². The molecule has 4 aromatic rings. The van der Waals surface area contributed by atoms with Crippen LogP contribution < -0.4 is 5.32 Å². The molecular formula is C14H10N6OS3. The van der Waals surface area contributed by atoms with Crippen LogP contribution in [0.25, 0.3) is 20.3 Å². The molecule has 0 unspecified atom stereocenters. The van der Waals surface area contributed by atoms with E-state index in [-0.39, 0.29) is 12.5 Å². The average Bonchev–Trinajstić information content (AvgIpc) is 3.35. The van der Waals surface area contributed by atoms with E-state index in [1.54, 1.807) is 22.7 Å². The molecule has 7 nitrogen and oxygen atoms in total. The molecule has 24 heavy (non-hydrogen) atoms. The first-order valence-electron chi connectivity index (χ1n) is 6.89. The van der Waals surface area contributed by atoms with E-state index in [0.717, 1.165) is 20.3 Å². The third-order valence-corrected chi connectivity index (χ3v) is 5.97. The topological polar surface area (TPSA) is 85.6 Å². The van der Waals surface area contributed by atoms with Crippen LogP contribution in [0, 0.1) is 0 Å². The molecule has 0 aliphatic heterocycles. The zero-order valence-electron chi connectivity index (χ0n) is 12.1. The van der Waals surface area contributed by atoms with Crippen LogP contribution >= 0.6 is 34.0 Å². The average molecular weight is 374 g/mol. The van der Waals surface area contributed by atoms with Gasteiger partial charge in [0.2, 0.25) is 5.91 Å². The minimum Gasteiger partial charge on any atom is -0.300 e. The van der Waals surface area contributed by atoms with Gasteiger partial charge in [-0.3, -0.25) is 4.79 Å². The summed E-state index contributed by atoms with van der Waals surface area (Å²) in [6.45, 7) is 0.0508. The van der Waals surface area contributed by atoms with Crippen molar-refractivity contribution < 1.29 is 4.79 Å². The van der Waals surface area contributed by atoms with Gasteiger partial charge < -0.3 is 5.32 Å². The van der Waals surface area contributed by atoms with Crippen LogP contribution in [0.2, 0.25) is 0 Å². The molecule has 0 fully saturated rings. The van der Waals surface area contributed by atoms with Crippen molar-refractivity contribution in [2.24, 2.45) is 0 Å². The number of thiazole rings is 1. The Hall–Kier alpha value is -2.43. The maximum Gasteiger partial charge on any atom is 0.248 e. The lowest BCUT2D eigenvalue weighted by Gasteiger charge is -1.99. The number of anilines is 1. The van der Waals surface area contributed by atoms with Crippen LogP contribution in [0.4, 0.5) is 5.13 Å². The summed E-state index contributed by atoms with van der Waals surface area (Å²) in [6, 6.07) is 8.09. The Kier molecular flexibility index (Phi) is 4.15. The fraction of sp³-hybridized carbons (Fsp3) is 0.0714. The standard InChI is InChI=1S/C14H10N6OS3/c21-11(7-20-8-15-18-19-20)16-14-17-12(9-3-1-5-22-9)13(24-14)10-4-2-6-23-10/h1-6,8H,7H2,(H,16,17,21). The monoisotopic (exact) mass is 374 g/mol. The van der Waals surface area contributed by atoms with Crippen molar-refractivity contribution in [1.29, 1.82) is 0 Å². The number of hydrogen-bond donors (Lipinski definition) is 1. The van der Waals surface area contributed by atoms with E-state index in [1.807, 2.05) is 29.0 Å². The van der Waals surface area contributed by atoms with Crippen LogP contribution in [-0.4, -0.2) is 31.1 Å². The van der Waals surface area contributed by atoms with Crippen molar-refractivity contribution in [2.75, 3.05) is 5.32 Å². The van der Waals surface area contributed by atoms with Crippen molar-refractivity contribution in [3.05, 3.63) is 41.4 Å². The molecule has 0 aliphatic carbocycles. The summed E-state index contributed by atoms with van der Waals surface area (Å²) in [6.07, 6.45) is 1.40. The Morgan fingerprint density at radius 2 is 1.96 bits per heavy atom. The molecule has 4 aromatic heterocycles. The molecule has 0 bridgehead atoms. The Bertz CT molecular complexity index is 876. The molecule has 10 heteroatoms. The molecule has 1 N–H and O–H groups in total. The second-order valence-electron chi connectivity index (χ2n) is 4.71. The number of tetrazole rings is 1. The van der Waals surface area contributed by atoms with E-state index in [1.165, 1.54) is 22.3 Å². The Morgan fingerprint density at radius 3 is 2.62 bits per heavy atom. The summed E-state index contributed by atoms with van der Waals surface area (Å²) in [5.41, 5.74) is 0.898. The molecule has 0 saturated carbocycles. The van der Waals surface area contributed by atoms with Gasteiger partial charge in [-0.2, -0.15) is 0 Å². The lowest BCUT2D eigenvalue weighted by atomic mass is 10.3. The molecule has 1 amide bonds. The fourth-order valence-electron chi connectivity index (χ4n) is 2.09. The molecule has 0 spiro atoms. The zero-order valence-corrected chi connectivity index (χ0v) is 14.6. The Labute approximate surface area is 148 Å². The maximum absolute atomic E-state index is 12.1. The maximum atomic E-state index is 12.1. The summed E-state index contributed by atoms with van der Waals surface area (Å²) in [5.74, 6) is -0.216. The summed E-state index contributed by atoms with van der Waals surface area (Å²) in [4.78, 5) is 20.0. The predicted octanol–water partition coefficient (Wildman–Crippen LogP) is 3.23. The highest BCUT2D eigenvalue weighted by Gasteiger charge is 2.18. The van der Waals surface area contributed by atoms with Gasteiger partial charge in [0.1, 0.15) is 18.6 Å². The first-order valence-corrected chi connectivity index (χ1v) is 9.46. The highest BCUT2D eigenvalue weighted by Crippen LogP contribution is 2.42. The summed E-state index contributed by atoms with van der Waals surface area (Å²) in [7, 11) is 0. The second kappa shape index (κ2) is 6.59. The van der Waals surface area contributed by atoms with Crippen molar-refractivity contribution in [3.8, 4) is 20.3 Å². The number of rotatable bonds is 5. The molecule has 4 heterocycles. The van der Waals surface area contributed by atoms with E-state index in [2.05, 4.69) is 31.9 Å². The molecule has 0 aliphatic rings. The van der Waals surface area contributed by atoms with Gasteiger partial charge in [0.15, 0.2) is 5.13 Å². The highest BCUT2D eigenvalue weighted by atomic mass is 32.1. The molecule has 0 saturated heterocycles. The zero-order chi connectivity index (χ0) is 16.4. The predicted molar refractivity (Wildman–Crippen MR) is 95.2 cm³/mol. The number of carbonyl (C=O) groups is 1. The van der Waals surface area contributed by atoms with E-state index in [0.29, 0.717) is 5.13 Å². The summed E-state index contributed by atoms with van der Waals surface area (Å²) >= 11 is 4.75. The van der Waals surface area contributed by atoms with Gasteiger partial charge >= 0.3 is 0 Å². The van der Waals surface area contributed by atoms with Crippen molar-refractivity contribution >= 4 is 45.0 Å². The summed E-state index contributed by atoms with van der Waals surface area (Å²) < 4.78 is 1.36. The number of carbonyl (C=O) groups excluding carboxylic acids is 1. The van der Waals surface area contributed by atoms with E-state index in [9.17, 15) is 4.79 Å². The number of aromatic nitrogens is 5. The third kappa shape index (κ3) is 3.11. The van der Waals surface area contributed by atoms with E-state index < -0.39 is 0 Å². The van der Waals surface area contributed by atoms with Crippen LogP contribution in [0.3, 0.4) is 0 Å². The molecule has 0 aromatic carbocycles. The van der Waals surface area contributed by atoms with Crippen molar-refractivity contribution in [2.45, 2.75) is 6.54 Å². The van der Waals surface area contributed by atoms with Crippen molar-refractivity contribution in [3.63, 3.8) is 0 Å².